The number of rotatable bonds is 11. The molecule has 1 aromatic heterocycles. The van der Waals surface area contributed by atoms with Gasteiger partial charge in [0.15, 0.2) is 0 Å². The van der Waals surface area contributed by atoms with Gasteiger partial charge < -0.3 is 9.80 Å². The number of nitrogens with zero attached hydrogens (tertiary/aromatic N) is 2. The molecule has 2 aromatic rings. The van der Waals surface area contributed by atoms with E-state index in [-0.39, 0.29) is 23.0 Å². The normalized spacial score (nSPS) is 19.7. The lowest BCUT2D eigenvalue weighted by atomic mass is 9.35. The van der Waals surface area contributed by atoms with E-state index in [1.807, 2.05) is 11.3 Å². The smallest absolute Gasteiger partial charge is 0.259 e. The molecule has 2 aliphatic heterocycles. The Balaban J connectivity index is 1.93. The molecular formula is C53H73BN2S. The topological polar surface area (TPSA) is 6.48 Å². The van der Waals surface area contributed by atoms with Crippen molar-refractivity contribution in [1.29, 1.82) is 0 Å². The molecule has 0 fully saturated rings. The van der Waals surface area contributed by atoms with Gasteiger partial charge in [0.05, 0.1) is 5.69 Å². The van der Waals surface area contributed by atoms with E-state index in [2.05, 4.69) is 206 Å². The zero-order chi connectivity index (χ0) is 42.2. The lowest BCUT2D eigenvalue weighted by Gasteiger charge is -2.43. The molecule has 1 aliphatic carbocycles. The molecule has 304 valence electrons. The molecule has 0 saturated heterocycles. The third-order valence-corrected chi connectivity index (χ3v) is 14.0. The van der Waals surface area contributed by atoms with Gasteiger partial charge in [0.1, 0.15) is 0 Å². The van der Waals surface area contributed by atoms with E-state index in [9.17, 15) is 0 Å². The molecular weight excluding hydrogens is 707 g/mol. The summed E-state index contributed by atoms with van der Waals surface area (Å²) >= 11 is 2.03. The van der Waals surface area contributed by atoms with E-state index in [4.69, 9.17) is 0 Å². The third kappa shape index (κ3) is 9.12. The summed E-state index contributed by atoms with van der Waals surface area (Å²) in [6.45, 7) is 42.5. The van der Waals surface area contributed by atoms with E-state index in [1.165, 1.54) is 83.6 Å². The Labute approximate surface area is 353 Å². The molecule has 0 bridgehead atoms. The number of thiophene rings is 1. The van der Waals surface area contributed by atoms with E-state index in [0.29, 0.717) is 11.8 Å². The Kier molecular flexibility index (Phi) is 13.4. The van der Waals surface area contributed by atoms with Gasteiger partial charge in [-0.1, -0.05) is 137 Å². The molecule has 0 spiro atoms. The van der Waals surface area contributed by atoms with Gasteiger partial charge in [0.2, 0.25) is 0 Å². The quantitative estimate of drug-likeness (QED) is 0.166. The van der Waals surface area contributed by atoms with Crippen LogP contribution < -0.4 is 9.68 Å². The van der Waals surface area contributed by atoms with Gasteiger partial charge in [-0.3, -0.25) is 0 Å². The lowest BCUT2D eigenvalue weighted by molar-refractivity contribution is 0.332. The number of fused-ring (bicyclic) bond motifs is 6. The Morgan fingerprint density at radius 1 is 0.965 bits per heavy atom. The van der Waals surface area contributed by atoms with Gasteiger partial charge in [-0.05, 0) is 139 Å². The Bertz CT molecular complexity index is 2150. The van der Waals surface area contributed by atoms with Crippen molar-refractivity contribution >= 4 is 38.6 Å². The highest BCUT2D eigenvalue weighted by atomic mass is 32.1. The van der Waals surface area contributed by atoms with Gasteiger partial charge in [-0.15, -0.1) is 11.3 Å². The zero-order valence-corrected chi connectivity index (χ0v) is 39.4. The van der Waals surface area contributed by atoms with Crippen LogP contribution >= 0.6 is 11.3 Å². The highest BCUT2D eigenvalue weighted by Crippen LogP contribution is 2.51. The first kappa shape index (κ1) is 44.3. The molecule has 1 aromatic carbocycles. The van der Waals surface area contributed by atoms with Crippen LogP contribution in [-0.2, 0) is 10.8 Å². The summed E-state index contributed by atoms with van der Waals surface area (Å²) in [5, 5.41) is 1.38. The van der Waals surface area contributed by atoms with Crippen LogP contribution in [0.4, 0.5) is 5.69 Å². The average Bonchev–Trinajstić information content (AvgIpc) is 3.51. The summed E-state index contributed by atoms with van der Waals surface area (Å²) in [6.07, 6.45) is 28.6. The van der Waals surface area contributed by atoms with Gasteiger partial charge in [-0.2, -0.15) is 0 Å². The zero-order valence-electron chi connectivity index (χ0n) is 38.6. The molecule has 3 aliphatic rings. The summed E-state index contributed by atoms with van der Waals surface area (Å²) in [4.78, 5) is 5.09. The summed E-state index contributed by atoms with van der Waals surface area (Å²) in [5.41, 5.74) is 15.4. The van der Waals surface area contributed by atoms with Crippen LogP contribution in [0.2, 0.25) is 0 Å². The standard InChI is InChI=1S/C53H73BN2S/c1-18-23-40(51(11,12)13)25-22-29-55-39(10)45(31-38(9)36(6)7)54-46(47(55)30-37(8)19-2)34-56(41(20-3)26-21-24-35(4)5)49-42-32-43-44(33-48(42)57-50(49)54)53(16,17)28-27-52(43,14)15/h18,20-26,29-33,35-36H,3,19,27-28,34H2,1-2,4-17H3/b23-18+,24-21+,29-22+,37-30+,38-31+,40-25+,41-26+. The Hall–Kier alpha value is -3.76. The minimum absolute atomic E-state index is 0.0412. The fourth-order valence-electron chi connectivity index (χ4n) is 8.50. The van der Waals surface area contributed by atoms with Crippen LogP contribution in [0.25, 0.3) is 10.1 Å². The molecule has 4 heteroatoms. The lowest BCUT2D eigenvalue weighted by Crippen LogP contribution is -2.50. The van der Waals surface area contributed by atoms with E-state index in [1.54, 1.807) is 0 Å². The fraction of sp³-hybridized carbons (Fsp3) is 0.472. The number of anilines is 1. The highest BCUT2D eigenvalue weighted by Gasteiger charge is 2.45. The van der Waals surface area contributed by atoms with Crippen molar-refractivity contribution in [2.75, 3.05) is 11.4 Å². The summed E-state index contributed by atoms with van der Waals surface area (Å²) in [6, 6.07) is 5.18. The number of hydrogen-bond acceptors (Lipinski definition) is 3. The molecule has 2 nitrogen and oxygen atoms in total. The van der Waals surface area contributed by atoms with E-state index >= 15 is 0 Å². The maximum atomic E-state index is 4.44. The van der Waals surface area contributed by atoms with Crippen molar-refractivity contribution in [3.8, 4) is 0 Å². The monoisotopic (exact) mass is 781 g/mol. The van der Waals surface area contributed by atoms with Crippen molar-refractivity contribution in [3.63, 3.8) is 0 Å². The van der Waals surface area contributed by atoms with Gasteiger partial charge in [0.25, 0.3) is 6.71 Å². The largest absolute Gasteiger partial charge is 0.337 e. The second-order valence-corrected chi connectivity index (χ2v) is 20.9. The molecule has 0 saturated carbocycles. The minimum atomic E-state index is 0.0412. The Morgan fingerprint density at radius 2 is 1.61 bits per heavy atom. The average molecular weight is 781 g/mol. The van der Waals surface area contributed by atoms with Crippen LogP contribution in [-0.4, -0.2) is 18.2 Å². The molecule has 0 atom stereocenters. The van der Waals surface area contributed by atoms with Crippen molar-refractivity contribution < 1.29 is 0 Å². The second kappa shape index (κ2) is 17.2. The predicted octanol–water partition coefficient (Wildman–Crippen LogP) is 15.0. The van der Waals surface area contributed by atoms with E-state index < -0.39 is 0 Å². The molecule has 3 heterocycles. The van der Waals surface area contributed by atoms with Crippen molar-refractivity contribution in [2.45, 2.75) is 141 Å². The van der Waals surface area contributed by atoms with Crippen LogP contribution in [0, 0.1) is 17.3 Å². The first-order chi connectivity index (χ1) is 26.7. The van der Waals surface area contributed by atoms with Gasteiger partial charge >= 0.3 is 0 Å². The molecule has 0 N–H and O–H groups in total. The number of hydrogen-bond donors (Lipinski definition) is 0. The highest BCUT2D eigenvalue weighted by molar-refractivity contribution is 7.31. The minimum Gasteiger partial charge on any atom is -0.337 e. The van der Waals surface area contributed by atoms with Crippen molar-refractivity contribution in [3.05, 3.63) is 142 Å². The van der Waals surface area contributed by atoms with E-state index in [0.717, 1.165) is 18.7 Å². The van der Waals surface area contributed by atoms with Crippen LogP contribution in [0.3, 0.4) is 0 Å². The molecule has 0 unspecified atom stereocenters. The predicted molar refractivity (Wildman–Crippen MR) is 258 cm³/mol. The first-order valence-corrected chi connectivity index (χ1v) is 22.5. The van der Waals surface area contributed by atoms with Crippen LogP contribution in [0.15, 0.2) is 130 Å². The summed E-state index contributed by atoms with van der Waals surface area (Å²) < 4.78 is 2.84. The van der Waals surface area contributed by atoms with Gasteiger partial charge in [0, 0.05) is 44.7 Å². The maximum absolute atomic E-state index is 4.44. The van der Waals surface area contributed by atoms with Crippen molar-refractivity contribution in [1.82, 2.24) is 4.90 Å². The number of benzene rings is 1. The molecule has 57 heavy (non-hydrogen) atoms. The second-order valence-electron chi connectivity index (χ2n) is 19.8. The molecule has 0 radical (unpaired) electrons. The molecule has 0 amide bonds. The SMILES string of the molecule is C=C/C(=C\C=C\C(C)C)N1CC2=C(/C=C(\C)CC)N(/C=C/C=C(\C=C\C)C(C)(C)C)C(C)=C(/C=C(\C)C(C)C)B2c2sc3cc4c(cc3c21)C(C)(C)CCC4(C)C. The van der Waals surface area contributed by atoms with Gasteiger partial charge in [-0.25, -0.2) is 0 Å². The molecule has 5 rings (SSSR count). The summed E-state index contributed by atoms with van der Waals surface area (Å²) in [7, 11) is 0. The van der Waals surface area contributed by atoms with Crippen molar-refractivity contribution in [2.24, 2.45) is 17.3 Å². The Morgan fingerprint density at radius 3 is 2.18 bits per heavy atom. The van der Waals surface area contributed by atoms with Crippen LogP contribution in [0.1, 0.15) is 141 Å². The summed E-state index contributed by atoms with van der Waals surface area (Å²) in [5.74, 6) is 0.917. The fourth-order valence-corrected chi connectivity index (χ4v) is 9.88. The third-order valence-electron chi connectivity index (χ3n) is 12.8. The van der Waals surface area contributed by atoms with Crippen LogP contribution in [0.5, 0.6) is 0 Å². The maximum Gasteiger partial charge on any atom is 0.259 e. The first-order valence-electron chi connectivity index (χ1n) is 21.7. The number of allylic oxidation sites excluding steroid dienone is 15.